The SMILES string of the molecule is CC(C(=O)O)C(=O)O.[Pt]. The molecule has 9 heavy (non-hydrogen) atoms. The van der Waals surface area contributed by atoms with Gasteiger partial charge in [0.05, 0.1) is 0 Å². The van der Waals surface area contributed by atoms with E-state index in [1.54, 1.807) is 0 Å². The van der Waals surface area contributed by atoms with Gasteiger partial charge in [0.15, 0.2) is 5.92 Å². The molecule has 0 atom stereocenters. The smallest absolute Gasteiger partial charge is 0.317 e. The van der Waals surface area contributed by atoms with E-state index in [1.165, 1.54) is 0 Å². The molecule has 0 radical (unpaired) electrons. The molecule has 0 saturated carbocycles. The number of hydrogen-bond acceptors (Lipinski definition) is 2. The zero-order valence-electron chi connectivity index (χ0n) is 4.60. The average Bonchev–Trinajstić information content (AvgIpc) is 1.64. The zero-order valence-corrected chi connectivity index (χ0v) is 6.88. The molecular weight excluding hydrogens is 307 g/mol. The maximum atomic E-state index is 9.76. The molecule has 5 heteroatoms. The van der Waals surface area contributed by atoms with E-state index in [2.05, 4.69) is 0 Å². The van der Waals surface area contributed by atoms with Gasteiger partial charge >= 0.3 is 11.9 Å². The monoisotopic (exact) mass is 313 g/mol. The molecule has 0 rings (SSSR count). The van der Waals surface area contributed by atoms with Gasteiger partial charge in [-0.15, -0.1) is 0 Å². The molecule has 0 heterocycles. The van der Waals surface area contributed by atoms with Crippen LogP contribution in [0.3, 0.4) is 0 Å². The minimum Gasteiger partial charge on any atom is -0.481 e. The van der Waals surface area contributed by atoms with Crippen LogP contribution in [0.15, 0.2) is 0 Å². The molecule has 4 nitrogen and oxygen atoms in total. The maximum Gasteiger partial charge on any atom is 0.317 e. The van der Waals surface area contributed by atoms with E-state index in [0.29, 0.717) is 0 Å². The molecule has 0 aromatic heterocycles. The summed E-state index contributed by atoms with van der Waals surface area (Å²) in [7, 11) is 0. The first-order valence-electron chi connectivity index (χ1n) is 2.01. The van der Waals surface area contributed by atoms with E-state index >= 15 is 0 Å². The number of carboxylic acid groups (broad SMARTS) is 2. The van der Waals surface area contributed by atoms with Crippen LogP contribution in [0.4, 0.5) is 0 Å². The number of hydrogen-bond donors (Lipinski definition) is 2. The van der Waals surface area contributed by atoms with Gasteiger partial charge in [-0.1, -0.05) is 0 Å². The molecule has 0 amide bonds. The third-order valence-corrected chi connectivity index (χ3v) is 0.741. The van der Waals surface area contributed by atoms with Crippen molar-refractivity contribution in [1.82, 2.24) is 0 Å². The third-order valence-electron chi connectivity index (χ3n) is 0.741. The first-order chi connectivity index (χ1) is 3.55. The Balaban J connectivity index is 0. The van der Waals surface area contributed by atoms with Gasteiger partial charge in [-0.3, -0.25) is 9.59 Å². The summed E-state index contributed by atoms with van der Waals surface area (Å²) in [6.45, 7) is 1.12. The van der Waals surface area contributed by atoms with Gasteiger partial charge in [0, 0.05) is 21.1 Å². The molecule has 56 valence electrons. The van der Waals surface area contributed by atoms with E-state index in [-0.39, 0.29) is 21.1 Å². The molecule has 0 spiro atoms. The van der Waals surface area contributed by atoms with Crippen LogP contribution in [-0.2, 0) is 30.7 Å². The molecule has 0 saturated heterocycles. The van der Waals surface area contributed by atoms with Crippen LogP contribution in [0, 0.1) is 5.92 Å². The second-order valence-electron chi connectivity index (χ2n) is 1.40. The van der Waals surface area contributed by atoms with E-state index in [9.17, 15) is 9.59 Å². The summed E-state index contributed by atoms with van der Waals surface area (Å²) in [6.07, 6.45) is 0. The molecular formula is C4H6O4Pt. The average molecular weight is 313 g/mol. The molecule has 0 bridgehead atoms. The van der Waals surface area contributed by atoms with Crippen LogP contribution >= 0.6 is 0 Å². The van der Waals surface area contributed by atoms with Gasteiger partial charge in [-0.25, -0.2) is 0 Å². The fourth-order valence-electron chi connectivity index (χ4n) is 0.106. The molecule has 0 unspecified atom stereocenters. The fraction of sp³-hybridized carbons (Fsp3) is 0.500. The summed E-state index contributed by atoms with van der Waals surface area (Å²) in [5, 5.41) is 15.9. The van der Waals surface area contributed by atoms with E-state index in [4.69, 9.17) is 10.2 Å². The van der Waals surface area contributed by atoms with Crippen LogP contribution in [0.2, 0.25) is 0 Å². The van der Waals surface area contributed by atoms with Crippen molar-refractivity contribution in [3.05, 3.63) is 0 Å². The Morgan fingerprint density at radius 3 is 1.44 bits per heavy atom. The van der Waals surface area contributed by atoms with Crippen molar-refractivity contribution < 1.29 is 40.9 Å². The number of carboxylic acids is 2. The molecule has 0 aliphatic rings. The summed E-state index contributed by atoms with van der Waals surface area (Å²) in [5.41, 5.74) is 0. The summed E-state index contributed by atoms with van der Waals surface area (Å²) in [6, 6.07) is 0. The standard InChI is InChI=1S/C4H6O4.Pt/c1-2(3(5)6)4(7)8;/h2H,1H3,(H,5,6)(H,7,8);. The van der Waals surface area contributed by atoms with Gasteiger partial charge in [0.2, 0.25) is 0 Å². The fourth-order valence-corrected chi connectivity index (χ4v) is 0.106. The summed E-state index contributed by atoms with van der Waals surface area (Å²) in [5.74, 6) is -3.91. The van der Waals surface area contributed by atoms with Crippen molar-refractivity contribution in [2.75, 3.05) is 0 Å². The predicted molar refractivity (Wildman–Crippen MR) is 24.4 cm³/mol. The Morgan fingerprint density at radius 2 is 1.44 bits per heavy atom. The normalized spacial score (nSPS) is 8.22. The Hall–Kier alpha value is -0.372. The minimum atomic E-state index is -1.31. The first-order valence-corrected chi connectivity index (χ1v) is 2.01. The quantitative estimate of drug-likeness (QED) is 0.692. The maximum absolute atomic E-state index is 9.76. The molecule has 0 aromatic carbocycles. The largest absolute Gasteiger partial charge is 0.481 e. The van der Waals surface area contributed by atoms with Crippen molar-refractivity contribution in [2.24, 2.45) is 5.92 Å². The number of carbonyl (C=O) groups is 2. The Labute approximate surface area is 66.1 Å². The number of rotatable bonds is 2. The topological polar surface area (TPSA) is 74.6 Å². The van der Waals surface area contributed by atoms with Gasteiger partial charge in [0.25, 0.3) is 0 Å². The van der Waals surface area contributed by atoms with Gasteiger partial charge < -0.3 is 10.2 Å². The van der Waals surface area contributed by atoms with Gasteiger partial charge in [-0.05, 0) is 6.92 Å². The first kappa shape index (κ1) is 11.4. The number of aliphatic carboxylic acids is 2. The summed E-state index contributed by atoms with van der Waals surface area (Å²) in [4.78, 5) is 19.5. The van der Waals surface area contributed by atoms with Gasteiger partial charge in [-0.2, -0.15) is 0 Å². The van der Waals surface area contributed by atoms with Gasteiger partial charge in [0.1, 0.15) is 0 Å². The summed E-state index contributed by atoms with van der Waals surface area (Å²) >= 11 is 0. The van der Waals surface area contributed by atoms with E-state index < -0.39 is 17.9 Å². The van der Waals surface area contributed by atoms with Crippen molar-refractivity contribution in [3.8, 4) is 0 Å². The van der Waals surface area contributed by atoms with Crippen LogP contribution in [-0.4, -0.2) is 22.2 Å². The van der Waals surface area contributed by atoms with Crippen molar-refractivity contribution in [1.29, 1.82) is 0 Å². The Bertz CT molecular complexity index is 108. The van der Waals surface area contributed by atoms with Crippen molar-refractivity contribution in [3.63, 3.8) is 0 Å². The molecule has 2 N–H and O–H groups in total. The van der Waals surface area contributed by atoms with Crippen molar-refractivity contribution in [2.45, 2.75) is 6.92 Å². The Morgan fingerprint density at radius 1 is 1.22 bits per heavy atom. The third kappa shape index (κ3) is 4.15. The molecule has 0 fully saturated rings. The second kappa shape index (κ2) is 4.50. The minimum absolute atomic E-state index is 0. The van der Waals surface area contributed by atoms with Crippen LogP contribution in [0.1, 0.15) is 6.92 Å². The zero-order chi connectivity index (χ0) is 6.73. The Kier molecular flexibility index (Phi) is 5.72. The molecule has 0 aliphatic carbocycles. The van der Waals surface area contributed by atoms with Crippen LogP contribution in [0.25, 0.3) is 0 Å². The predicted octanol–water partition coefficient (Wildman–Crippen LogP) is -0.211. The summed E-state index contributed by atoms with van der Waals surface area (Å²) < 4.78 is 0. The van der Waals surface area contributed by atoms with Crippen LogP contribution < -0.4 is 0 Å². The van der Waals surface area contributed by atoms with Crippen LogP contribution in [0.5, 0.6) is 0 Å². The second-order valence-corrected chi connectivity index (χ2v) is 1.40. The van der Waals surface area contributed by atoms with Crippen molar-refractivity contribution >= 4 is 11.9 Å². The molecule has 0 aromatic rings. The van der Waals surface area contributed by atoms with E-state index in [0.717, 1.165) is 6.92 Å². The van der Waals surface area contributed by atoms with E-state index in [1.807, 2.05) is 0 Å². The molecule has 0 aliphatic heterocycles.